The molecule has 2 heterocycles. The van der Waals surface area contributed by atoms with Gasteiger partial charge in [-0.1, -0.05) is 30.3 Å². The van der Waals surface area contributed by atoms with Gasteiger partial charge >= 0.3 is 0 Å². The van der Waals surface area contributed by atoms with Crippen LogP contribution in [-0.2, 0) is 11.3 Å². The van der Waals surface area contributed by atoms with Gasteiger partial charge in [0.15, 0.2) is 0 Å². The number of nitrogens with one attached hydrogen (secondary N) is 1. The molecule has 0 aliphatic carbocycles. The minimum Gasteiger partial charge on any atom is -0.346 e. The smallest absolute Gasteiger partial charge is 0.245 e. The summed E-state index contributed by atoms with van der Waals surface area (Å²) in [6, 6.07) is 11.2. The van der Waals surface area contributed by atoms with Crippen LogP contribution in [0.3, 0.4) is 0 Å². The first-order chi connectivity index (χ1) is 12.0. The molecule has 0 bridgehead atoms. The summed E-state index contributed by atoms with van der Waals surface area (Å²) in [6.45, 7) is 6.24. The van der Waals surface area contributed by atoms with Gasteiger partial charge in [-0.3, -0.25) is 14.2 Å². The molecule has 0 saturated carbocycles. The molecule has 25 heavy (non-hydrogen) atoms. The van der Waals surface area contributed by atoms with Crippen molar-refractivity contribution in [3.63, 3.8) is 0 Å². The summed E-state index contributed by atoms with van der Waals surface area (Å²) >= 11 is 0. The van der Waals surface area contributed by atoms with E-state index in [0.29, 0.717) is 6.54 Å². The average molecular weight is 338 g/mol. The third-order valence-corrected chi connectivity index (χ3v) is 4.15. The lowest BCUT2D eigenvalue weighted by Gasteiger charge is -2.22. The van der Waals surface area contributed by atoms with Crippen molar-refractivity contribution in [1.82, 2.24) is 29.9 Å². The van der Waals surface area contributed by atoms with Crippen molar-refractivity contribution in [1.29, 1.82) is 0 Å². The molecule has 1 N–H and O–H groups in total. The highest BCUT2D eigenvalue weighted by molar-refractivity contribution is 5.80. The maximum absolute atomic E-state index is 12.8. The van der Waals surface area contributed by atoms with E-state index in [4.69, 9.17) is 0 Å². The van der Waals surface area contributed by atoms with Gasteiger partial charge in [-0.15, -0.1) is 0 Å². The van der Waals surface area contributed by atoms with Gasteiger partial charge in [0, 0.05) is 5.69 Å². The predicted molar refractivity (Wildman–Crippen MR) is 93.8 cm³/mol. The Kier molecular flexibility index (Phi) is 4.92. The third kappa shape index (κ3) is 3.93. The summed E-state index contributed by atoms with van der Waals surface area (Å²) in [5.74, 6) is -0.0832. The summed E-state index contributed by atoms with van der Waals surface area (Å²) < 4.78 is 3.47. The SMILES string of the molecule is Cc1cc(C)n([C@@H](C)C(=O)N[C@H](Cn2cncn2)c2ccccc2)n1. The molecule has 1 aromatic carbocycles. The number of benzene rings is 1. The molecular formula is C18H22N6O. The Labute approximate surface area is 146 Å². The lowest BCUT2D eigenvalue weighted by atomic mass is 10.1. The molecule has 0 fully saturated rings. The highest BCUT2D eigenvalue weighted by Crippen LogP contribution is 2.17. The second kappa shape index (κ2) is 7.29. The van der Waals surface area contributed by atoms with Crippen molar-refractivity contribution in [2.24, 2.45) is 0 Å². The van der Waals surface area contributed by atoms with Crippen LogP contribution in [0.1, 0.15) is 36.0 Å². The van der Waals surface area contributed by atoms with Crippen LogP contribution in [0.4, 0.5) is 0 Å². The Morgan fingerprint density at radius 3 is 2.60 bits per heavy atom. The molecule has 1 amide bonds. The quantitative estimate of drug-likeness (QED) is 0.747. The lowest BCUT2D eigenvalue weighted by molar-refractivity contribution is -0.125. The van der Waals surface area contributed by atoms with E-state index in [1.165, 1.54) is 6.33 Å². The zero-order chi connectivity index (χ0) is 17.8. The van der Waals surface area contributed by atoms with Crippen LogP contribution >= 0.6 is 0 Å². The number of amides is 1. The van der Waals surface area contributed by atoms with Crippen LogP contribution in [0.5, 0.6) is 0 Å². The summed E-state index contributed by atoms with van der Waals surface area (Å²) in [5, 5.41) is 11.7. The topological polar surface area (TPSA) is 77.6 Å². The fourth-order valence-electron chi connectivity index (χ4n) is 2.88. The molecule has 0 saturated heterocycles. The molecular weight excluding hydrogens is 316 g/mol. The summed E-state index contributed by atoms with van der Waals surface area (Å²) in [7, 11) is 0. The molecule has 3 aromatic rings. The molecule has 3 rings (SSSR count). The zero-order valence-electron chi connectivity index (χ0n) is 14.6. The number of rotatable bonds is 6. The van der Waals surface area contributed by atoms with E-state index in [1.54, 1.807) is 15.7 Å². The number of carbonyl (C=O) groups is 1. The first kappa shape index (κ1) is 16.9. The van der Waals surface area contributed by atoms with Crippen molar-refractivity contribution in [3.8, 4) is 0 Å². The molecule has 7 nitrogen and oxygen atoms in total. The summed E-state index contributed by atoms with van der Waals surface area (Å²) in [5.41, 5.74) is 2.89. The van der Waals surface area contributed by atoms with Crippen molar-refractivity contribution in [2.75, 3.05) is 0 Å². The Hall–Kier alpha value is -2.96. The van der Waals surface area contributed by atoms with E-state index in [1.807, 2.05) is 57.2 Å². The molecule has 0 spiro atoms. The van der Waals surface area contributed by atoms with E-state index in [-0.39, 0.29) is 11.9 Å². The number of aromatic nitrogens is 5. The Balaban J connectivity index is 1.79. The molecule has 0 radical (unpaired) electrons. The second-order valence-electron chi connectivity index (χ2n) is 6.14. The maximum Gasteiger partial charge on any atom is 0.245 e. The molecule has 2 atom stereocenters. The number of nitrogens with zero attached hydrogens (tertiary/aromatic N) is 5. The largest absolute Gasteiger partial charge is 0.346 e. The van der Waals surface area contributed by atoms with Gasteiger partial charge in [-0.25, -0.2) is 4.98 Å². The molecule has 0 unspecified atom stereocenters. The van der Waals surface area contributed by atoms with Gasteiger partial charge in [0.2, 0.25) is 5.91 Å². The third-order valence-electron chi connectivity index (χ3n) is 4.15. The van der Waals surface area contributed by atoms with Gasteiger partial charge in [0.1, 0.15) is 18.7 Å². The van der Waals surface area contributed by atoms with Crippen LogP contribution < -0.4 is 5.32 Å². The molecule has 130 valence electrons. The first-order valence-electron chi connectivity index (χ1n) is 8.25. The lowest BCUT2D eigenvalue weighted by Crippen LogP contribution is -2.36. The van der Waals surface area contributed by atoms with Crippen LogP contribution in [0.25, 0.3) is 0 Å². The van der Waals surface area contributed by atoms with Gasteiger partial charge < -0.3 is 5.32 Å². The number of hydrogen-bond acceptors (Lipinski definition) is 4. The Morgan fingerprint density at radius 2 is 2.00 bits per heavy atom. The minimum absolute atomic E-state index is 0.0832. The Morgan fingerprint density at radius 1 is 1.24 bits per heavy atom. The normalized spacial score (nSPS) is 13.4. The fourth-order valence-corrected chi connectivity index (χ4v) is 2.88. The highest BCUT2D eigenvalue weighted by atomic mass is 16.2. The van der Waals surface area contributed by atoms with E-state index in [0.717, 1.165) is 17.0 Å². The van der Waals surface area contributed by atoms with Crippen LogP contribution in [0, 0.1) is 13.8 Å². The van der Waals surface area contributed by atoms with Gasteiger partial charge in [0.25, 0.3) is 0 Å². The summed E-state index contributed by atoms with van der Waals surface area (Å²) in [6.07, 6.45) is 3.13. The van der Waals surface area contributed by atoms with Gasteiger partial charge in [0.05, 0.1) is 18.3 Å². The van der Waals surface area contributed by atoms with Crippen molar-refractivity contribution >= 4 is 5.91 Å². The van der Waals surface area contributed by atoms with Crippen LogP contribution in [-0.4, -0.2) is 30.5 Å². The van der Waals surface area contributed by atoms with E-state index in [2.05, 4.69) is 20.5 Å². The second-order valence-corrected chi connectivity index (χ2v) is 6.14. The maximum atomic E-state index is 12.8. The Bertz CT molecular complexity index is 825. The fraction of sp³-hybridized carbons (Fsp3) is 0.333. The van der Waals surface area contributed by atoms with Crippen LogP contribution in [0.2, 0.25) is 0 Å². The number of aryl methyl sites for hydroxylation is 2. The van der Waals surface area contributed by atoms with E-state index < -0.39 is 6.04 Å². The van der Waals surface area contributed by atoms with Crippen molar-refractivity contribution in [2.45, 2.75) is 39.4 Å². The highest BCUT2D eigenvalue weighted by Gasteiger charge is 2.22. The standard InChI is InChI=1S/C18H22N6O/c1-13-9-14(2)24(22-13)15(3)18(25)21-17(10-23-12-19-11-20-23)16-7-5-4-6-8-16/h4-9,11-12,15,17H,10H2,1-3H3,(H,21,25)/t15-,17+/m0/s1. The molecule has 0 aliphatic rings. The monoisotopic (exact) mass is 338 g/mol. The first-order valence-corrected chi connectivity index (χ1v) is 8.25. The van der Waals surface area contributed by atoms with Gasteiger partial charge in [-0.05, 0) is 32.4 Å². The van der Waals surface area contributed by atoms with E-state index >= 15 is 0 Å². The van der Waals surface area contributed by atoms with E-state index in [9.17, 15) is 4.79 Å². The van der Waals surface area contributed by atoms with Crippen molar-refractivity contribution < 1.29 is 4.79 Å². The number of carbonyl (C=O) groups excluding carboxylic acids is 1. The zero-order valence-corrected chi connectivity index (χ0v) is 14.6. The van der Waals surface area contributed by atoms with Gasteiger partial charge in [-0.2, -0.15) is 10.2 Å². The molecule has 7 heteroatoms. The minimum atomic E-state index is -0.393. The average Bonchev–Trinajstić information content (AvgIpc) is 3.23. The molecule has 0 aliphatic heterocycles. The van der Waals surface area contributed by atoms with Crippen LogP contribution in [0.15, 0.2) is 49.1 Å². The number of hydrogen-bond donors (Lipinski definition) is 1. The van der Waals surface area contributed by atoms with Crippen molar-refractivity contribution in [3.05, 3.63) is 66.0 Å². The molecule has 2 aromatic heterocycles. The predicted octanol–water partition coefficient (Wildman–Crippen LogP) is 2.21. The summed E-state index contributed by atoms with van der Waals surface area (Å²) in [4.78, 5) is 16.8.